The lowest BCUT2D eigenvalue weighted by Crippen LogP contribution is -2.39. The number of pyridine rings is 2. The second kappa shape index (κ2) is 7.99. The van der Waals surface area contributed by atoms with Crippen molar-refractivity contribution in [3.8, 4) is 22.8 Å². The molecule has 8 nitrogen and oxygen atoms in total. The molecule has 8 heteroatoms. The fourth-order valence-corrected chi connectivity index (χ4v) is 2.86. The zero-order valence-corrected chi connectivity index (χ0v) is 16.0. The second-order valence-electron chi connectivity index (χ2n) is 6.51. The van der Waals surface area contributed by atoms with E-state index in [1.54, 1.807) is 43.6 Å². The molecule has 0 aliphatic rings. The van der Waals surface area contributed by atoms with Crippen molar-refractivity contribution >= 4 is 22.8 Å². The first-order chi connectivity index (χ1) is 14.1. The highest BCUT2D eigenvalue weighted by Gasteiger charge is 2.15. The summed E-state index contributed by atoms with van der Waals surface area (Å²) in [5.41, 5.74) is 7.30. The molecule has 29 heavy (non-hydrogen) atoms. The zero-order chi connectivity index (χ0) is 20.2. The Labute approximate surface area is 167 Å². The van der Waals surface area contributed by atoms with Gasteiger partial charge < -0.3 is 5.32 Å². The van der Waals surface area contributed by atoms with Gasteiger partial charge in [0.1, 0.15) is 11.4 Å². The number of nitrogens with zero attached hydrogens (tertiary/aromatic N) is 5. The predicted molar refractivity (Wildman–Crippen MR) is 112 cm³/mol. The third-order valence-electron chi connectivity index (χ3n) is 4.06. The highest BCUT2D eigenvalue weighted by molar-refractivity contribution is 5.92. The molecule has 0 saturated carbocycles. The maximum absolute atomic E-state index is 12.0. The first-order valence-corrected chi connectivity index (χ1v) is 9.00. The minimum Gasteiger partial charge on any atom is -0.307 e. The molecule has 0 fully saturated rings. The number of carbonyl (C=O) groups is 1. The number of hydrogen-bond acceptors (Lipinski definition) is 6. The van der Waals surface area contributed by atoms with Gasteiger partial charge in [-0.2, -0.15) is 0 Å². The van der Waals surface area contributed by atoms with Gasteiger partial charge in [0.25, 0.3) is 0 Å². The van der Waals surface area contributed by atoms with Gasteiger partial charge in [-0.25, -0.2) is 19.8 Å². The van der Waals surface area contributed by atoms with Gasteiger partial charge in [-0.15, -0.1) is 0 Å². The summed E-state index contributed by atoms with van der Waals surface area (Å²) in [6.07, 6.45) is 3.44. The number of rotatable bonds is 4. The van der Waals surface area contributed by atoms with E-state index in [2.05, 4.69) is 20.7 Å². The van der Waals surface area contributed by atoms with Gasteiger partial charge in [0.2, 0.25) is 0 Å². The Bertz CT molecular complexity index is 1150. The molecule has 0 saturated heterocycles. The molecule has 4 aromatic rings. The van der Waals surface area contributed by atoms with Crippen LogP contribution in [0.4, 0.5) is 10.5 Å². The molecule has 0 spiro atoms. The molecular weight excluding hydrogens is 366 g/mol. The van der Waals surface area contributed by atoms with Crippen LogP contribution in [0.1, 0.15) is 0 Å². The molecule has 0 aliphatic carbocycles. The Morgan fingerprint density at radius 1 is 0.828 bits per heavy atom. The van der Waals surface area contributed by atoms with Gasteiger partial charge >= 0.3 is 6.03 Å². The quantitative estimate of drug-likeness (QED) is 0.523. The molecule has 0 aliphatic heterocycles. The molecule has 2 amide bonds. The summed E-state index contributed by atoms with van der Waals surface area (Å²) in [7, 11) is 3.48. The smallest absolute Gasteiger partial charge is 0.307 e. The average Bonchev–Trinajstić information content (AvgIpc) is 2.73. The number of aromatic nitrogens is 4. The van der Waals surface area contributed by atoms with Crippen molar-refractivity contribution in [3.63, 3.8) is 0 Å². The van der Waals surface area contributed by atoms with E-state index in [0.717, 1.165) is 5.69 Å². The molecule has 144 valence electrons. The van der Waals surface area contributed by atoms with Crippen molar-refractivity contribution in [2.45, 2.75) is 0 Å². The van der Waals surface area contributed by atoms with E-state index in [0.29, 0.717) is 33.8 Å². The van der Waals surface area contributed by atoms with Crippen molar-refractivity contribution < 1.29 is 4.79 Å². The van der Waals surface area contributed by atoms with Gasteiger partial charge in [-0.05, 0) is 42.5 Å². The van der Waals surface area contributed by atoms with E-state index < -0.39 is 0 Å². The van der Waals surface area contributed by atoms with Crippen LogP contribution in [0.15, 0.2) is 67.0 Å². The normalized spacial score (nSPS) is 10.9. The highest BCUT2D eigenvalue weighted by Crippen LogP contribution is 2.29. The Balaban J connectivity index is 1.82. The van der Waals surface area contributed by atoms with Gasteiger partial charge in [0.15, 0.2) is 0 Å². The van der Waals surface area contributed by atoms with E-state index in [-0.39, 0.29) is 6.03 Å². The number of hydrazine groups is 1. The van der Waals surface area contributed by atoms with E-state index in [9.17, 15) is 4.79 Å². The van der Waals surface area contributed by atoms with Crippen molar-refractivity contribution in [2.75, 3.05) is 19.4 Å². The van der Waals surface area contributed by atoms with Crippen LogP contribution in [0.5, 0.6) is 0 Å². The molecular formula is C21H19N7O. The molecule has 4 rings (SSSR count). The third-order valence-corrected chi connectivity index (χ3v) is 4.06. The molecule has 0 unspecified atom stereocenters. The lowest BCUT2D eigenvalue weighted by atomic mass is 10.1. The number of benzene rings is 1. The lowest BCUT2D eigenvalue weighted by Gasteiger charge is -2.13. The maximum Gasteiger partial charge on any atom is 0.333 e. The summed E-state index contributed by atoms with van der Waals surface area (Å²) in [4.78, 5) is 30.4. The monoisotopic (exact) mass is 385 g/mol. The van der Waals surface area contributed by atoms with Crippen molar-refractivity contribution in [1.29, 1.82) is 0 Å². The van der Waals surface area contributed by atoms with Crippen LogP contribution >= 0.6 is 0 Å². The second-order valence-corrected chi connectivity index (χ2v) is 6.51. The molecule has 0 radical (unpaired) electrons. The van der Waals surface area contributed by atoms with Crippen LogP contribution in [0.3, 0.4) is 0 Å². The topological polar surface area (TPSA) is 95.9 Å². The molecule has 0 atom stereocenters. The van der Waals surface area contributed by atoms with Crippen molar-refractivity contribution in [3.05, 3.63) is 67.0 Å². The van der Waals surface area contributed by atoms with Crippen LogP contribution in [-0.2, 0) is 0 Å². The van der Waals surface area contributed by atoms with Gasteiger partial charge in [0.05, 0.1) is 22.4 Å². The standard InChI is InChI=1S/C21H19N7O/c1-28(2)27-21(29)24-14-9-10-15-18(13-14)26-20(17-8-4-6-12-23-17)19(25-15)16-7-3-5-11-22-16/h3-13H,1-2H3,(H2,24,27,29). The third kappa shape index (κ3) is 4.17. The van der Waals surface area contributed by atoms with Crippen LogP contribution in [0, 0.1) is 0 Å². The molecule has 0 bridgehead atoms. The van der Waals surface area contributed by atoms with Crippen molar-refractivity contribution in [1.82, 2.24) is 30.4 Å². The minimum absolute atomic E-state index is 0.336. The summed E-state index contributed by atoms with van der Waals surface area (Å²) in [5.74, 6) is 0. The van der Waals surface area contributed by atoms with E-state index in [1.165, 1.54) is 0 Å². The summed E-state index contributed by atoms with van der Waals surface area (Å²) < 4.78 is 0. The van der Waals surface area contributed by atoms with Crippen LogP contribution < -0.4 is 10.7 Å². The molecule has 1 aromatic carbocycles. The van der Waals surface area contributed by atoms with Crippen molar-refractivity contribution in [2.24, 2.45) is 0 Å². The predicted octanol–water partition coefficient (Wildman–Crippen LogP) is 3.35. The van der Waals surface area contributed by atoms with Gasteiger partial charge in [0, 0.05) is 32.2 Å². The van der Waals surface area contributed by atoms with E-state index >= 15 is 0 Å². The summed E-state index contributed by atoms with van der Waals surface area (Å²) in [6.45, 7) is 0. The first-order valence-electron chi connectivity index (χ1n) is 9.00. The van der Waals surface area contributed by atoms with Crippen LogP contribution in [0.2, 0.25) is 0 Å². The van der Waals surface area contributed by atoms with Crippen LogP contribution in [0.25, 0.3) is 33.8 Å². The fraction of sp³-hybridized carbons (Fsp3) is 0.0952. The number of carbonyl (C=O) groups excluding carboxylic acids is 1. The number of nitrogens with one attached hydrogen (secondary N) is 2. The highest BCUT2D eigenvalue weighted by atomic mass is 16.2. The summed E-state index contributed by atoms with van der Waals surface area (Å²) >= 11 is 0. The summed E-state index contributed by atoms with van der Waals surface area (Å²) in [5, 5.41) is 4.35. The van der Waals surface area contributed by atoms with Crippen LogP contribution in [-0.4, -0.2) is 45.1 Å². The molecule has 2 N–H and O–H groups in total. The average molecular weight is 385 g/mol. The maximum atomic E-state index is 12.0. The molecule has 3 aromatic heterocycles. The SMILES string of the molecule is CN(C)NC(=O)Nc1ccc2nc(-c3ccccn3)c(-c3ccccn3)nc2c1. The Kier molecular flexibility index (Phi) is 5.08. The van der Waals surface area contributed by atoms with E-state index in [1.807, 2.05) is 42.5 Å². The summed E-state index contributed by atoms with van der Waals surface area (Å²) in [6, 6.07) is 16.4. The Hall–Kier alpha value is -3.91. The Morgan fingerprint density at radius 3 is 2.00 bits per heavy atom. The minimum atomic E-state index is -0.336. The number of anilines is 1. The number of amides is 2. The van der Waals surface area contributed by atoms with Gasteiger partial charge in [-0.1, -0.05) is 12.1 Å². The molecule has 3 heterocycles. The Morgan fingerprint density at radius 2 is 1.45 bits per heavy atom. The largest absolute Gasteiger partial charge is 0.333 e. The fourth-order valence-electron chi connectivity index (χ4n) is 2.86. The number of fused-ring (bicyclic) bond motifs is 1. The lowest BCUT2D eigenvalue weighted by molar-refractivity contribution is 0.224. The van der Waals surface area contributed by atoms with Gasteiger partial charge in [-0.3, -0.25) is 15.4 Å². The zero-order valence-electron chi connectivity index (χ0n) is 16.0. The number of urea groups is 1. The first kappa shape index (κ1) is 18.5. The number of hydrogen-bond donors (Lipinski definition) is 2. The van der Waals surface area contributed by atoms with E-state index in [4.69, 9.17) is 9.97 Å².